The standard InChI is InChI=1S/C13H22O8/c14-11(15)9-7-5-3-1-2-4-6-8-10-13(12(16)17)18-20-21-19-13/h1-10H2,(H,14,15)(H,16,17). The fraction of sp³-hybridized carbons (Fsp3) is 0.846. The molecule has 8 heteroatoms. The first-order valence-corrected chi connectivity index (χ1v) is 7.22. The molecule has 2 N–H and O–H groups in total. The van der Waals surface area contributed by atoms with Gasteiger partial charge in [0.2, 0.25) is 0 Å². The highest BCUT2D eigenvalue weighted by Crippen LogP contribution is 2.28. The van der Waals surface area contributed by atoms with E-state index in [1.807, 2.05) is 0 Å². The van der Waals surface area contributed by atoms with E-state index in [9.17, 15) is 9.59 Å². The molecule has 21 heavy (non-hydrogen) atoms. The average Bonchev–Trinajstić information content (AvgIpc) is 2.90. The molecule has 0 radical (unpaired) electrons. The second-order valence-corrected chi connectivity index (χ2v) is 5.08. The Kier molecular flexibility index (Phi) is 8.21. The van der Waals surface area contributed by atoms with Gasteiger partial charge in [-0.05, 0) is 22.9 Å². The maximum Gasteiger partial charge on any atom is 0.370 e. The van der Waals surface area contributed by atoms with Crippen LogP contribution in [0.5, 0.6) is 0 Å². The molecule has 0 aliphatic carbocycles. The Morgan fingerprint density at radius 2 is 1.24 bits per heavy atom. The molecular weight excluding hydrogens is 284 g/mol. The lowest BCUT2D eigenvalue weighted by atomic mass is 10.0. The molecule has 1 aliphatic rings. The Labute approximate surface area is 122 Å². The van der Waals surface area contributed by atoms with Crippen molar-refractivity contribution < 1.29 is 39.7 Å². The van der Waals surface area contributed by atoms with Gasteiger partial charge in [-0.15, -0.1) is 0 Å². The smallest absolute Gasteiger partial charge is 0.370 e. The van der Waals surface area contributed by atoms with Gasteiger partial charge in [-0.3, -0.25) is 4.79 Å². The van der Waals surface area contributed by atoms with Gasteiger partial charge >= 0.3 is 17.7 Å². The molecule has 0 spiro atoms. The van der Waals surface area contributed by atoms with Crippen molar-refractivity contribution in [2.75, 3.05) is 0 Å². The summed E-state index contributed by atoms with van der Waals surface area (Å²) in [7, 11) is 0. The summed E-state index contributed by atoms with van der Waals surface area (Å²) in [4.78, 5) is 30.3. The molecule has 0 bridgehead atoms. The van der Waals surface area contributed by atoms with E-state index < -0.39 is 17.7 Å². The summed E-state index contributed by atoms with van der Waals surface area (Å²) in [5.74, 6) is -3.87. The zero-order valence-electron chi connectivity index (χ0n) is 11.9. The molecule has 0 aromatic carbocycles. The molecular formula is C13H22O8. The van der Waals surface area contributed by atoms with Crippen molar-refractivity contribution in [3.63, 3.8) is 0 Å². The maximum atomic E-state index is 11.0. The van der Waals surface area contributed by atoms with Gasteiger partial charge in [-0.2, -0.15) is 9.78 Å². The molecule has 0 aromatic heterocycles. The van der Waals surface area contributed by atoms with E-state index in [0.29, 0.717) is 6.42 Å². The van der Waals surface area contributed by atoms with E-state index in [1.54, 1.807) is 0 Å². The van der Waals surface area contributed by atoms with E-state index in [0.717, 1.165) is 44.9 Å². The van der Waals surface area contributed by atoms with Gasteiger partial charge in [0.15, 0.2) is 0 Å². The largest absolute Gasteiger partial charge is 0.481 e. The number of carbonyl (C=O) groups is 2. The van der Waals surface area contributed by atoms with Crippen LogP contribution in [-0.4, -0.2) is 27.9 Å². The number of aliphatic carboxylic acids is 2. The third-order valence-corrected chi connectivity index (χ3v) is 3.34. The number of rotatable bonds is 12. The van der Waals surface area contributed by atoms with E-state index in [-0.39, 0.29) is 12.8 Å². The molecule has 0 saturated carbocycles. The molecule has 0 unspecified atom stereocenters. The predicted molar refractivity (Wildman–Crippen MR) is 68.5 cm³/mol. The van der Waals surface area contributed by atoms with Crippen molar-refractivity contribution in [3.8, 4) is 0 Å². The lowest BCUT2D eigenvalue weighted by Crippen LogP contribution is -2.39. The minimum absolute atomic E-state index is 0.154. The minimum Gasteiger partial charge on any atom is -0.481 e. The average molecular weight is 306 g/mol. The number of carboxylic acids is 2. The second kappa shape index (κ2) is 9.67. The first kappa shape index (κ1) is 17.8. The summed E-state index contributed by atoms with van der Waals surface area (Å²) in [5.41, 5.74) is 0. The van der Waals surface area contributed by atoms with Crippen molar-refractivity contribution in [2.24, 2.45) is 0 Å². The van der Waals surface area contributed by atoms with Crippen molar-refractivity contribution >= 4 is 11.9 Å². The van der Waals surface area contributed by atoms with Crippen LogP contribution in [0, 0.1) is 0 Å². The third-order valence-electron chi connectivity index (χ3n) is 3.34. The SMILES string of the molecule is O=C(O)CCCCCCCCCCC1(C(=O)O)OOOO1. The number of hydrogen-bond donors (Lipinski definition) is 2. The summed E-state index contributed by atoms with van der Waals surface area (Å²) >= 11 is 0. The van der Waals surface area contributed by atoms with Gasteiger partial charge in [0, 0.05) is 12.8 Å². The normalized spacial score (nSPS) is 17.0. The first-order valence-electron chi connectivity index (χ1n) is 7.22. The monoisotopic (exact) mass is 306 g/mol. The van der Waals surface area contributed by atoms with Gasteiger partial charge in [0.05, 0.1) is 0 Å². The van der Waals surface area contributed by atoms with Crippen LogP contribution < -0.4 is 0 Å². The number of unbranched alkanes of at least 4 members (excludes halogenated alkanes) is 7. The zero-order chi connectivity index (χ0) is 15.6. The number of hydrogen-bond acceptors (Lipinski definition) is 6. The number of carboxylic acid groups (broad SMARTS) is 2. The lowest BCUT2D eigenvalue weighted by Gasteiger charge is -2.15. The van der Waals surface area contributed by atoms with Crippen molar-refractivity contribution in [2.45, 2.75) is 70.0 Å². The van der Waals surface area contributed by atoms with Crippen molar-refractivity contribution in [1.82, 2.24) is 0 Å². The molecule has 1 rings (SSSR count). The third kappa shape index (κ3) is 6.85. The van der Waals surface area contributed by atoms with Gasteiger partial charge in [-0.25, -0.2) is 4.79 Å². The Morgan fingerprint density at radius 3 is 1.71 bits per heavy atom. The Bertz CT molecular complexity index is 324. The van der Waals surface area contributed by atoms with Gasteiger partial charge in [0.1, 0.15) is 0 Å². The molecule has 0 amide bonds. The van der Waals surface area contributed by atoms with Crippen LogP contribution in [0.25, 0.3) is 0 Å². The van der Waals surface area contributed by atoms with Crippen LogP contribution in [0.1, 0.15) is 64.2 Å². The molecule has 0 aromatic rings. The highest BCUT2D eigenvalue weighted by Gasteiger charge is 2.49. The Morgan fingerprint density at radius 1 is 0.762 bits per heavy atom. The molecule has 0 atom stereocenters. The van der Waals surface area contributed by atoms with Crippen LogP contribution in [0.3, 0.4) is 0 Å². The molecule has 8 nitrogen and oxygen atoms in total. The van der Waals surface area contributed by atoms with Crippen LogP contribution in [0.2, 0.25) is 0 Å². The highest BCUT2D eigenvalue weighted by molar-refractivity contribution is 5.75. The van der Waals surface area contributed by atoms with Gasteiger partial charge in [0.25, 0.3) is 0 Å². The van der Waals surface area contributed by atoms with Crippen molar-refractivity contribution in [3.05, 3.63) is 0 Å². The summed E-state index contributed by atoms with van der Waals surface area (Å²) in [6.45, 7) is 0. The fourth-order valence-corrected chi connectivity index (χ4v) is 2.11. The van der Waals surface area contributed by atoms with Crippen LogP contribution in [-0.2, 0) is 29.4 Å². The van der Waals surface area contributed by atoms with E-state index in [2.05, 4.69) is 19.9 Å². The van der Waals surface area contributed by atoms with E-state index in [4.69, 9.17) is 10.2 Å². The first-order chi connectivity index (χ1) is 10.1. The minimum atomic E-state index is -1.85. The maximum absolute atomic E-state index is 11.0. The fourth-order valence-electron chi connectivity index (χ4n) is 2.11. The summed E-state index contributed by atoms with van der Waals surface area (Å²) in [6.07, 6.45) is 7.65. The van der Waals surface area contributed by atoms with E-state index >= 15 is 0 Å². The summed E-state index contributed by atoms with van der Waals surface area (Å²) in [6, 6.07) is 0. The van der Waals surface area contributed by atoms with Crippen LogP contribution in [0.15, 0.2) is 0 Å². The molecule has 1 heterocycles. The lowest BCUT2D eigenvalue weighted by molar-refractivity contribution is -0.532. The Balaban J connectivity index is 1.95. The van der Waals surface area contributed by atoms with Gasteiger partial charge < -0.3 is 10.2 Å². The zero-order valence-corrected chi connectivity index (χ0v) is 11.9. The topological polar surface area (TPSA) is 112 Å². The van der Waals surface area contributed by atoms with Gasteiger partial charge in [-0.1, -0.05) is 38.5 Å². The predicted octanol–water partition coefficient (Wildman–Crippen LogP) is 2.58. The molecule has 1 fully saturated rings. The summed E-state index contributed by atoms with van der Waals surface area (Å²) in [5, 5.41) is 25.5. The molecule has 1 saturated heterocycles. The molecule has 122 valence electrons. The molecule has 1 aliphatic heterocycles. The highest BCUT2D eigenvalue weighted by atomic mass is 17.7. The van der Waals surface area contributed by atoms with Crippen molar-refractivity contribution in [1.29, 1.82) is 0 Å². The quantitative estimate of drug-likeness (QED) is 0.418. The second-order valence-electron chi connectivity index (χ2n) is 5.08. The summed E-state index contributed by atoms with van der Waals surface area (Å²) < 4.78 is 0. The van der Waals surface area contributed by atoms with E-state index in [1.165, 1.54) is 0 Å². The van der Waals surface area contributed by atoms with Crippen LogP contribution >= 0.6 is 0 Å². The van der Waals surface area contributed by atoms with Crippen LogP contribution in [0.4, 0.5) is 0 Å². The Hall–Kier alpha value is -1.22.